The van der Waals surface area contributed by atoms with Gasteiger partial charge in [-0.05, 0) is 25.1 Å². The third-order valence-corrected chi connectivity index (χ3v) is 3.46. The van der Waals surface area contributed by atoms with Crippen molar-refractivity contribution in [2.75, 3.05) is 11.9 Å². The second-order valence-corrected chi connectivity index (χ2v) is 5.25. The molecule has 1 heterocycles. The molecule has 6 nitrogen and oxygen atoms in total. The highest BCUT2D eigenvalue weighted by atomic mass is 35.5. The molecule has 110 valence electrons. The molecule has 21 heavy (non-hydrogen) atoms. The van der Waals surface area contributed by atoms with E-state index in [-0.39, 0.29) is 12.3 Å². The SMILES string of the molecule is CCOC(=O)c1nnsc1N=CNc1ccc(Cl)cc1Cl. The number of aliphatic imine (C=N–C) groups is 1. The van der Waals surface area contributed by atoms with Gasteiger partial charge in [-0.15, -0.1) is 5.10 Å². The van der Waals surface area contributed by atoms with E-state index in [0.717, 1.165) is 11.5 Å². The fourth-order valence-electron chi connectivity index (χ4n) is 1.37. The molecule has 1 aromatic carbocycles. The molecule has 2 rings (SSSR count). The third-order valence-electron chi connectivity index (χ3n) is 2.27. The van der Waals surface area contributed by atoms with Crippen molar-refractivity contribution in [2.24, 2.45) is 4.99 Å². The topological polar surface area (TPSA) is 76.5 Å². The molecule has 1 aromatic heterocycles. The maximum absolute atomic E-state index is 11.6. The third kappa shape index (κ3) is 4.13. The van der Waals surface area contributed by atoms with Crippen LogP contribution in [-0.4, -0.2) is 28.5 Å². The Hall–Kier alpha value is -1.70. The van der Waals surface area contributed by atoms with E-state index in [4.69, 9.17) is 27.9 Å². The smallest absolute Gasteiger partial charge is 0.362 e. The van der Waals surface area contributed by atoms with Crippen molar-refractivity contribution in [3.63, 3.8) is 0 Å². The molecular weight excluding hydrogens is 335 g/mol. The summed E-state index contributed by atoms with van der Waals surface area (Å²) in [5.41, 5.74) is 0.724. The van der Waals surface area contributed by atoms with Crippen LogP contribution in [0.4, 0.5) is 10.7 Å². The van der Waals surface area contributed by atoms with Gasteiger partial charge in [0.15, 0.2) is 5.00 Å². The predicted molar refractivity (Wildman–Crippen MR) is 84.1 cm³/mol. The Labute approximate surface area is 134 Å². The molecule has 0 aliphatic rings. The zero-order valence-corrected chi connectivity index (χ0v) is 13.2. The maximum atomic E-state index is 11.6. The molecule has 0 saturated carbocycles. The maximum Gasteiger partial charge on any atom is 0.362 e. The highest BCUT2D eigenvalue weighted by molar-refractivity contribution is 7.10. The first-order valence-corrected chi connectivity index (χ1v) is 7.38. The van der Waals surface area contributed by atoms with Crippen molar-refractivity contribution in [3.8, 4) is 0 Å². The van der Waals surface area contributed by atoms with E-state index >= 15 is 0 Å². The number of benzene rings is 1. The highest BCUT2D eigenvalue weighted by Crippen LogP contribution is 2.25. The Bertz CT molecular complexity index is 675. The number of hydrogen-bond acceptors (Lipinski definition) is 6. The molecule has 9 heteroatoms. The lowest BCUT2D eigenvalue weighted by molar-refractivity contribution is 0.0520. The molecule has 1 N–H and O–H groups in total. The van der Waals surface area contributed by atoms with Crippen LogP contribution >= 0.6 is 34.7 Å². The summed E-state index contributed by atoms with van der Waals surface area (Å²) in [6, 6.07) is 5.02. The molecule has 0 saturated heterocycles. The van der Waals surface area contributed by atoms with E-state index in [1.807, 2.05) is 0 Å². The first-order chi connectivity index (χ1) is 10.1. The number of nitrogens with one attached hydrogen (secondary N) is 1. The molecule has 0 fully saturated rings. The Morgan fingerprint density at radius 1 is 1.52 bits per heavy atom. The number of carbonyl (C=O) groups excluding carboxylic acids is 1. The van der Waals surface area contributed by atoms with Crippen molar-refractivity contribution in [3.05, 3.63) is 33.9 Å². The molecule has 0 bridgehead atoms. The quantitative estimate of drug-likeness (QED) is 0.507. The van der Waals surface area contributed by atoms with Crippen LogP contribution in [0.1, 0.15) is 17.4 Å². The number of rotatable bonds is 5. The minimum atomic E-state index is -0.553. The summed E-state index contributed by atoms with van der Waals surface area (Å²) in [5.74, 6) is -0.553. The highest BCUT2D eigenvalue weighted by Gasteiger charge is 2.16. The lowest BCUT2D eigenvalue weighted by atomic mass is 10.3. The Morgan fingerprint density at radius 2 is 2.33 bits per heavy atom. The van der Waals surface area contributed by atoms with Gasteiger partial charge in [0.2, 0.25) is 5.69 Å². The van der Waals surface area contributed by atoms with E-state index in [0.29, 0.717) is 20.7 Å². The number of ether oxygens (including phenoxy) is 1. The Morgan fingerprint density at radius 3 is 3.05 bits per heavy atom. The Balaban J connectivity index is 2.08. The summed E-state index contributed by atoms with van der Waals surface area (Å²) in [6.45, 7) is 1.98. The van der Waals surface area contributed by atoms with Gasteiger partial charge in [0.25, 0.3) is 0 Å². The summed E-state index contributed by atoms with van der Waals surface area (Å²) in [4.78, 5) is 15.7. The Kier molecular flexibility index (Phi) is 5.49. The minimum Gasteiger partial charge on any atom is -0.461 e. The van der Waals surface area contributed by atoms with E-state index in [1.165, 1.54) is 6.34 Å². The molecule has 0 aliphatic heterocycles. The van der Waals surface area contributed by atoms with Crippen LogP contribution in [0, 0.1) is 0 Å². The van der Waals surface area contributed by atoms with Crippen LogP contribution in [-0.2, 0) is 4.74 Å². The van der Waals surface area contributed by atoms with Crippen molar-refractivity contribution in [2.45, 2.75) is 6.92 Å². The minimum absolute atomic E-state index is 0.0853. The molecule has 0 atom stereocenters. The predicted octanol–water partition coefficient (Wildman–Crippen LogP) is 3.79. The molecular formula is C12H10Cl2N4O2S. The van der Waals surface area contributed by atoms with Crippen LogP contribution in [0.2, 0.25) is 10.0 Å². The molecule has 2 aromatic rings. The summed E-state index contributed by atoms with van der Waals surface area (Å²) in [5, 5.41) is 7.95. The van der Waals surface area contributed by atoms with Crippen LogP contribution in [0.25, 0.3) is 0 Å². The summed E-state index contributed by atoms with van der Waals surface area (Å²) in [7, 11) is 0. The largest absolute Gasteiger partial charge is 0.461 e. The fraction of sp³-hybridized carbons (Fsp3) is 0.167. The average molecular weight is 345 g/mol. The standard InChI is InChI=1S/C12H10Cl2N4O2S/c1-2-20-12(19)10-11(21-18-17-10)16-6-15-9-4-3-7(13)5-8(9)14/h3-6H,2H2,1H3,(H,15,16). The van der Waals surface area contributed by atoms with Gasteiger partial charge in [0.1, 0.15) is 0 Å². The number of nitrogens with zero attached hydrogens (tertiary/aromatic N) is 3. The average Bonchev–Trinajstić information content (AvgIpc) is 2.90. The number of anilines is 1. The second-order valence-electron chi connectivity index (χ2n) is 3.67. The van der Waals surface area contributed by atoms with Gasteiger partial charge in [-0.1, -0.05) is 27.7 Å². The summed E-state index contributed by atoms with van der Waals surface area (Å²) < 4.78 is 8.55. The van der Waals surface area contributed by atoms with Crippen molar-refractivity contribution in [1.82, 2.24) is 9.59 Å². The van der Waals surface area contributed by atoms with E-state index < -0.39 is 5.97 Å². The van der Waals surface area contributed by atoms with Crippen LogP contribution in [0.5, 0.6) is 0 Å². The molecule has 0 amide bonds. The van der Waals surface area contributed by atoms with E-state index in [2.05, 4.69) is 19.9 Å². The van der Waals surface area contributed by atoms with Gasteiger partial charge in [-0.2, -0.15) is 0 Å². The zero-order valence-electron chi connectivity index (χ0n) is 10.8. The number of aromatic nitrogens is 2. The molecule has 0 spiro atoms. The first kappa shape index (κ1) is 15.7. The summed E-state index contributed by atoms with van der Waals surface area (Å²) >= 11 is 12.8. The second kappa shape index (κ2) is 7.35. The monoisotopic (exact) mass is 344 g/mol. The molecule has 0 radical (unpaired) electrons. The van der Waals surface area contributed by atoms with Gasteiger partial charge in [0, 0.05) is 16.6 Å². The van der Waals surface area contributed by atoms with Crippen molar-refractivity contribution >= 4 is 57.7 Å². The molecule has 0 unspecified atom stereocenters. The van der Waals surface area contributed by atoms with E-state index in [1.54, 1.807) is 25.1 Å². The summed E-state index contributed by atoms with van der Waals surface area (Å²) in [6.07, 6.45) is 1.40. The van der Waals surface area contributed by atoms with Crippen molar-refractivity contribution < 1.29 is 9.53 Å². The van der Waals surface area contributed by atoms with Gasteiger partial charge < -0.3 is 10.1 Å². The lowest BCUT2D eigenvalue weighted by Crippen LogP contribution is -2.05. The van der Waals surface area contributed by atoms with E-state index in [9.17, 15) is 4.79 Å². The van der Waals surface area contributed by atoms with Crippen LogP contribution < -0.4 is 5.32 Å². The number of hydrogen-bond donors (Lipinski definition) is 1. The molecule has 0 aliphatic carbocycles. The van der Waals surface area contributed by atoms with Crippen molar-refractivity contribution in [1.29, 1.82) is 0 Å². The number of halogens is 2. The van der Waals surface area contributed by atoms with Gasteiger partial charge >= 0.3 is 5.97 Å². The lowest BCUT2D eigenvalue weighted by Gasteiger charge is -2.03. The van der Waals surface area contributed by atoms with Gasteiger partial charge in [-0.25, -0.2) is 9.79 Å². The fourth-order valence-corrected chi connectivity index (χ4v) is 2.34. The normalized spacial score (nSPS) is 10.8. The van der Waals surface area contributed by atoms with Gasteiger partial charge in [-0.3, -0.25) is 0 Å². The zero-order chi connectivity index (χ0) is 15.2. The van der Waals surface area contributed by atoms with Gasteiger partial charge in [0.05, 0.1) is 23.7 Å². The first-order valence-electron chi connectivity index (χ1n) is 5.85. The van der Waals surface area contributed by atoms with Crippen LogP contribution in [0.15, 0.2) is 23.2 Å². The van der Waals surface area contributed by atoms with Crippen LogP contribution in [0.3, 0.4) is 0 Å². The number of carbonyl (C=O) groups is 1. The number of esters is 1.